The molecule has 0 aliphatic carbocycles. The number of hydrogen-bond acceptors (Lipinski definition) is 2. The summed E-state index contributed by atoms with van der Waals surface area (Å²) in [6.07, 6.45) is 1.68. The normalized spacial score (nSPS) is 17.6. The van der Waals surface area contributed by atoms with Crippen LogP contribution in [0.1, 0.15) is 36.4 Å². The van der Waals surface area contributed by atoms with E-state index in [0.717, 1.165) is 8.96 Å². The third kappa shape index (κ3) is 2.34. The highest BCUT2D eigenvalue weighted by molar-refractivity contribution is 6.58. The molecule has 0 spiro atoms. The molecule has 4 rings (SSSR count). The van der Waals surface area contributed by atoms with Crippen LogP contribution >= 0.6 is 11.6 Å². The van der Waals surface area contributed by atoms with Gasteiger partial charge in [-0.25, -0.2) is 0 Å². The fraction of sp³-hybridized carbons (Fsp3) is 0.211. The summed E-state index contributed by atoms with van der Waals surface area (Å²) in [6, 6.07) is 6.01. The van der Waals surface area contributed by atoms with Gasteiger partial charge in [-0.3, -0.25) is 10.1 Å². The minimum absolute atomic E-state index is 0.213. The van der Waals surface area contributed by atoms with E-state index in [2.05, 4.69) is 0 Å². The van der Waals surface area contributed by atoms with E-state index in [1.807, 2.05) is 0 Å². The standard InChI is InChI=1S/C19H17BClF2N3O2/c1-10-7-12(3)24-18(10)17(15-6-5-14(21)9-16(15)26(27)28)19-11(2)8-13(4)25(19)20(24,22)23/h5-9H,1-4H3. The first-order valence-corrected chi connectivity index (χ1v) is 9.15. The number of fused-ring (bicyclic) bond motifs is 2. The van der Waals surface area contributed by atoms with Crippen LogP contribution in [0.4, 0.5) is 14.3 Å². The van der Waals surface area contributed by atoms with Gasteiger partial charge in [0.05, 0.1) is 16.1 Å². The van der Waals surface area contributed by atoms with E-state index < -0.39 is 11.9 Å². The first-order chi connectivity index (χ1) is 13.1. The average molecular weight is 404 g/mol. The Bertz CT molecular complexity index is 1180. The predicted molar refractivity (Wildman–Crippen MR) is 106 cm³/mol. The van der Waals surface area contributed by atoms with Crippen LogP contribution in [-0.2, 0) is 0 Å². The molecule has 0 fully saturated rings. The summed E-state index contributed by atoms with van der Waals surface area (Å²) in [5.74, 6) is 0. The van der Waals surface area contributed by atoms with Crippen LogP contribution in [0, 0.1) is 24.0 Å². The third-order valence-electron chi connectivity index (χ3n) is 5.36. The number of halogens is 3. The van der Waals surface area contributed by atoms with Crippen LogP contribution in [-0.4, -0.2) is 26.6 Å². The summed E-state index contributed by atoms with van der Waals surface area (Å²) in [5.41, 5.74) is 3.19. The molecule has 0 amide bonds. The average Bonchev–Trinajstić information content (AvgIpc) is 3.06. The summed E-state index contributed by atoms with van der Waals surface area (Å²) in [5, 5.41) is 11.9. The Balaban J connectivity index is 2.21. The number of nitrogens with zero attached hydrogens (tertiary/aromatic N) is 3. The van der Waals surface area contributed by atoms with Crippen molar-refractivity contribution in [1.82, 2.24) is 4.48 Å². The Morgan fingerprint density at radius 1 is 1.18 bits per heavy atom. The molecule has 2 aromatic rings. The van der Waals surface area contributed by atoms with Crippen molar-refractivity contribution < 1.29 is 18.0 Å². The number of nitro benzene ring substituents is 1. The molecule has 1 aromatic heterocycles. The molecule has 28 heavy (non-hydrogen) atoms. The van der Waals surface area contributed by atoms with Crippen LogP contribution in [0.25, 0.3) is 5.57 Å². The Kier molecular flexibility index (Phi) is 3.91. The maximum Gasteiger partial charge on any atom is 0.737 e. The molecular formula is C19H17BClF2N3O2. The minimum atomic E-state index is -4.12. The van der Waals surface area contributed by atoms with Crippen molar-refractivity contribution in [3.05, 3.63) is 79.3 Å². The third-order valence-corrected chi connectivity index (χ3v) is 5.60. The lowest BCUT2D eigenvalue weighted by atomic mass is 9.83. The molecule has 9 heteroatoms. The van der Waals surface area contributed by atoms with Crippen LogP contribution in [0.3, 0.4) is 0 Å². The number of benzene rings is 1. The number of nitro groups is 1. The van der Waals surface area contributed by atoms with Gasteiger partial charge >= 0.3 is 6.97 Å². The second-order valence-corrected chi connectivity index (χ2v) is 7.69. The summed E-state index contributed by atoms with van der Waals surface area (Å²) in [4.78, 5) is 11.2. The summed E-state index contributed by atoms with van der Waals surface area (Å²) in [6.45, 7) is 2.61. The number of aryl methyl sites for hydroxylation is 2. The first-order valence-electron chi connectivity index (χ1n) is 8.77. The van der Waals surface area contributed by atoms with Crippen molar-refractivity contribution in [3.8, 4) is 0 Å². The van der Waals surface area contributed by atoms with Crippen LogP contribution in [0.5, 0.6) is 0 Å². The number of hydrogen-bond donors (Lipinski definition) is 0. The zero-order valence-corrected chi connectivity index (χ0v) is 16.5. The fourth-order valence-electron chi connectivity index (χ4n) is 4.42. The molecule has 2 aliphatic heterocycles. The quantitative estimate of drug-likeness (QED) is 0.398. The van der Waals surface area contributed by atoms with Crippen molar-refractivity contribution in [1.29, 1.82) is 0 Å². The van der Waals surface area contributed by atoms with Gasteiger partial charge in [-0.2, -0.15) is 0 Å². The van der Waals surface area contributed by atoms with E-state index >= 15 is 8.63 Å². The van der Waals surface area contributed by atoms with Gasteiger partial charge in [-0.1, -0.05) is 11.6 Å². The SMILES string of the molecule is CC1=CC(C)=[N+]2C1=C(c1ccc(Cl)cc1[N+](=O)[O-])c1c(C)cc(C)n1[B-]2(F)F. The lowest BCUT2D eigenvalue weighted by molar-refractivity contribution is -0.385. The highest BCUT2D eigenvalue weighted by Gasteiger charge is 2.55. The minimum Gasteiger partial charge on any atom is -0.393 e. The van der Waals surface area contributed by atoms with Crippen LogP contribution < -0.4 is 0 Å². The molecule has 1 aromatic carbocycles. The molecule has 0 N–H and O–H groups in total. The zero-order chi connectivity index (χ0) is 20.5. The second kappa shape index (κ2) is 5.88. The van der Waals surface area contributed by atoms with E-state index in [-0.39, 0.29) is 16.3 Å². The van der Waals surface area contributed by atoms with Gasteiger partial charge in [0.25, 0.3) is 5.69 Å². The lowest BCUT2D eigenvalue weighted by Gasteiger charge is -2.33. The van der Waals surface area contributed by atoms with Gasteiger partial charge in [0.1, 0.15) is 5.71 Å². The Labute approximate surface area is 165 Å². The largest absolute Gasteiger partial charge is 0.737 e. The van der Waals surface area contributed by atoms with Crippen LogP contribution in [0.15, 0.2) is 41.6 Å². The molecular weight excluding hydrogens is 386 g/mol. The molecule has 0 atom stereocenters. The number of allylic oxidation sites excluding steroid dienone is 2. The maximum atomic E-state index is 15.6. The summed E-state index contributed by atoms with van der Waals surface area (Å²) < 4.78 is 33.2. The fourth-order valence-corrected chi connectivity index (χ4v) is 4.59. The molecule has 144 valence electrons. The molecule has 0 saturated heterocycles. The van der Waals surface area contributed by atoms with E-state index in [1.54, 1.807) is 45.9 Å². The van der Waals surface area contributed by atoms with Crippen molar-refractivity contribution in [2.75, 3.05) is 0 Å². The van der Waals surface area contributed by atoms with E-state index in [1.165, 1.54) is 12.1 Å². The van der Waals surface area contributed by atoms with Gasteiger partial charge in [0.2, 0.25) is 0 Å². The monoisotopic (exact) mass is 403 g/mol. The number of rotatable bonds is 2. The van der Waals surface area contributed by atoms with Crippen molar-refractivity contribution >= 4 is 35.5 Å². The molecule has 2 aliphatic rings. The molecule has 0 saturated carbocycles. The van der Waals surface area contributed by atoms with E-state index in [9.17, 15) is 10.1 Å². The first kappa shape index (κ1) is 18.6. The summed E-state index contributed by atoms with van der Waals surface area (Å²) in [7, 11) is 0. The van der Waals surface area contributed by atoms with E-state index in [4.69, 9.17) is 11.6 Å². The van der Waals surface area contributed by atoms with Crippen molar-refractivity contribution in [2.24, 2.45) is 0 Å². The lowest BCUT2D eigenvalue weighted by Crippen LogP contribution is -2.51. The molecule has 0 bridgehead atoms. The predicted octanol–water partition coefficient (Wildman–Crippen LogP) is 5.10. The Morgan fingerprint density at radius 3 is 2.50 bits per heavy atom. The van der Waals surface area contributed by atoms with Crippen molar-refractivity contribution in [3.63, 3.8) is 0 Å². The molecule has 3 heterocycles. The van der Waals surface area contributed by atoms with Crippen molar-refractivity contribution in [2.45, 2.75) is 27.7 Å². The summed E-state index contributed by atoms with van der Waals surface area (Å²) >= 11 is 5.98. The molecule has 0 unspecified atom stereocenters. The van der Waals surface area contributed by atoms with Crippen LogP contribution in [0.2, 0.25) is 5.02 Å². The topological polar surface area (TPSA) is 51.1 Å². The highest BCUT2D eigenvalue weighted by atomic mass is 35.5. The second-order valence-electron chi connectivity index (χ2n) is 7.26. The maximum absolute atomic E-state index is 15.6. The van der Waals surface area contributed by atoms with Gasteiger partial charge in [0.15, 0.2) is 5.70 Å². The Hall–Kier alpha value is -2.74. The van der Waals surface area contributed by atoms with Gasteiger partial charge in [0, 0.05) is 35.4 Å². The number of aromatic nitrogens is 1. The van der Waals surface area contributed by atoms with E-state index in [0.29, 0.717) is 39.5 Å². The Morgan fingerprint density at radius 2 is 1.86 bits per heavy atom. The smallest absolute Gasteiger partial charge is 0.393 e. The van der Waals surface area contributed by atoms with Gasteiger partial charge in [-0.05, 0) is 50.2 Å². The highest BCUT2D eigenvalue weighted by Crippen LogP contribution is 2.46. The van der Waals surface area contributed by atoms with Gasteiger partial charge in [-0.15, -0.1) is 0 Å². The zero-order valence-electron chi connectivity index (χ0n) is 15.8. The van der Waals surface area contributed by atoms with Gasteiger partial charge < -0.3 is 17.6 Å². The molecule has 5 nitrogen and oxygen atoms in total. The molecule has 0 radical (unpaired) electrons.